The lowest BCUT2D eigenvalue weighted by Gasteiger charge is -2.12. The van der Waals surface area contributed by atoms with E-state index in [4.69, 9.17) is 26.4 Å². The maximum Gasteiger partial charge on any atom is 0.307 e. The van der Waals surface area contributed by atoms with Crippen LogP contribution in [0.2, 0.25) is 5.02 Å². The summed E-state index contributed by atoms with van der Waals surface area (Å²) in [6, 6.07) is 21.3. The van der Waals surface area contributed by atoms with Crippen molar-refractivity contribution in [2.24, 2.45) is 0 Å². The molecule has 146 valence electrons. The van der Waals surface area contributed by atoms with Crippen LogP contribution in [0, 0.1) is 0 Å². The Hall–Kier alpha value is -3.31. The van der Waals surface area contributed by atoms with Crippen molar-refractivity contribution in [3.63, 3.8) is 0 Å². The van der Waals surface area contributed by atoms with Crippen molar-refractivity contribution in [1.82, 2.24) is 9.55 Å². The standard InChI is InChI=1S/C23H19ClN2O3/c1-29-21-11-17(8-7-16(21)12-22(27)28)23-25-19-13-18(24)9-10-20(19)26(23)14-15-5-3-2-4-6-15/h2-11,13H,12,14H2,1H3,(H,27,28). The molecule has 4 rings (SSSR count). The highest BCUT2D eigenvalue weighted by Gasteiger charge is 2.16. The van der Waals surface area contributed by atoms with E-state index >= 15 is 0 Å². The number of aromatic nitrogens is 2. The van der Waals surface area contributed by atoms with E-state index < -0.39 is 5.97 Å². The predicted octanol–water partition coefficient (Wildman–Crippen LogP) is 5.04. The largest absolute Gasteiger partial charge is 0.496 e. The van der Waals surface area contributed by atoms with Crippen LogP contribution in [-0.4, -0.2) is 27.7 Å². The monoisotopic (exact) mass is 406 g/mol. The van der Waals surface area contributed by atoms with E-state index in [-0.39, 0.29) is 6.42 Å². The van der Waals surface area contributed by atoms with Gasteiger partial charge in [0.2, 0.25) is 0 Å². The van der Waals surface area contributed by atoms with Crippen LogP contribution in [0.1, 0.15) is 11.1 Å². The molecule has 3 aromatic carbocycles. The second kappa shape index (κ2) is 7.97. The Labute approximate surface area is 173 Å². The number of fused-ring (bicyclic) bond motifs is 1. The first-order valence-corrected chi connectivity index (χ1v) is 9.52. The lowest BCUT2D eigenvalue weighted by Crippen LogP contribution is -2.04. The van der Waals surface area contributed by atoms with Gasteiger partial charge in [0, 0.05) is 22.7 Å². The van der Waals surface area contributed by atoms with Crippen molar-refractivity contribution < 1.29 is 14.6 Å². The van der Waals surface area contributed by atoms with Gasteiger partial charge in [0.15, 0.2) is 0 Å². The summed E-state index contributed by atoms with van der Waals surface area (Å²) in [6.07, 6.45) is -0.0977. The summed E-state index contributed by atoms with van der Waals surface area (Å²) in [4.78, 5) is 15.9. The Bertz CT molecular complexity index is 1190. The number of methoxy groups -OCH3 is 1. The maximum absolute atomic E-state index is 11.1. The number of carboxylic acid groups (broad SMARTS) is 1. The number of hydrogen-bond donors (Lipinski definition) is 1. The maximum atomic E-state index is 11.1. The van der Waals surface area contributed by atoms with Crippen molar-refractivity contribution >= 4 is 28.6 Å². The van der Waals surface area contributed by atoms with Gasteiger partial charge in [-0.3, -0.25) is 4.79 Å². The van der Waals surface area contributed by atoms with E-state index in [0.717, 1.165) is 28.0 Å². The molecule has 0 radical (unpaired) electrons. The van der Waals surface area contributed by atoms with Crippen molar-refractivity contribution in [1.29, 1.82) is 0 Å². The van der Waals surface area contributed by atoms with E-state index in [2.05, 4.69) is 16.7 Å². The smallest absolute Gasteiger partial charge is 0.307 e. The van der Waals surface area contributed by atoms with Crippen LogP contribution in [0.25, 0.3) is 22.4 Å². The molecule has 0 aliphatic heterocycles. The van der Waals surface area contributed by atoms with Gasteiger partial charge in [-0.25, -0.2) is 4.98 Å². The SMILES string of the molecule is COc1cc(-c2nc3cc(Cl)ccc3n2Cc2ccccc2)ccc1CC(=O)O. The van der Waals surface area contributed by atoms with Gasteiger partial charge in [0.05, 0.1) is 24.6 Å². The summed E-state index contributed by atoms with van der Waals surface area (Å²) < 4.78 is 7.57. The minimum Gasteiger partial charge on any atom is -0.496 e. The molecule has 0 spiro atoms. The summed E-state index contributed by atoms with van der Waals surface area (Å²) in [5, 5.41) is 9.75. The van der Waals surface area contributed by atoms with E-state index in [9.17, 15) is 4.79 Å². The topological polar surface area (TPSA) is 64.4 Å². The van der Waals surface area contributed by atoms with E-state index in [1.54, 1.807) is 6.07 Å². The normalized spacial score (nSPS) is 11.0. The summed E-state index contributed by atoms with van der Waals surface area (Å²) in [5.74, 6) is 0.398. The Kier molecular flexibility index (Phi) is 5.23. The Morgan fingerprint density at radius 2 is 1.90 bits per heavy atom. The number of ether oxygens (including phenoxy) is 1. The van der Waals surface area contributed by atoms with Gasteiger partial charge >= 0.3 is 5.97 Å². The quantitative estimate of drug-likeness (QED) is 0.487. The second-order valence-electron chi connectivity index (χ2n) is 6.74. The zero-order chi connectivity index (χ0) is 20.4. The number of carbonyl (C=O) groups is 1. The molecule has 29 heavy (non-hydrogen) atoms. The van der Waals surface area contributed by atoms with Crippen LogP contribution >= 0.6 is 11.6 Å². The molecule has 0 fully saturated rings. The average Bonchev–Trinajstić information content (AvgIpc) is 3.06. The molecule has 5 nitrogen and oxygen atoms in total. The average molecular weight is 407 g/mol. The molecule has 4 aromatic rings. The van der Waals surface area contributed by atoms with Gasteiger partial charge in [-0.05, 0) is 29.8 Å². The molecule has 1 N–H and O–H groups in total. The lowest BCUT2D eigenvalue weighted by molar-refractivity contribution is -0.136. The molecule has 6 heteroatoms. The van der Waals surface area contributed by atoms with E-state index in [1.165, 1.54) is 7.11 Å². The molecule has 0 aliphatic rings. The molecular formula is C23H19ClN2O3. The van der Waals surface area contributed by atoms with E-state index in [0.29, 0.717) is 22.9 Å². The van der Waals surface area contributed by atoms with Gasteiger partial charge in [0.25, 0.3) is 0 Å². The van der Waals surface area contributed by atoms with Crippen molar-refractivity contribution in [3.05, 3.63) is 82.9 Å². The molecule has 1 aromatic heterocycles. The van der Waals surface area contributed by atoms with Gasteiger partial charge in [-0.2, -0.15) is 0 Å². The molecule has 0 bridgehead atoms. The molecule has 1 heterocycles. The first-order valence-electron chi connectivity index (χ1n) is 9.14. The molecule has 0 aliphatic carbocycles. The third kappa shape index (κ3) is 3.96. The third-order valence-electron chi connectivity index (χ3n) is 4.78. The van der Waals surface area contributed by atoms with Crippen LogP contribution in [0.5, 0.6) is 5.75 Å². The number of aliphatic carboxylic acids is 1. The molecule has 0 unspecified atom stereocenters. The van der Waals surface area contributed by atoms with Crippen LogP contribution in [0.3, 0.4) is 0 Å². The predicted molar refractivity (Wildman–Crippen MR) is 114 cm³/mol. The third-order valence-corrected chi connectivity index (χ3v) is 5.02. The number of hydrogen-bond acceptors (Lipinski definition) is 3. The summed E-state index contributed by atoms with van der Waals surface area (Å²) >= 11 is 6.18. The Balaban J connectivity index is 1.86. The molecule has 0 saturated carbocycles. The minimum absolute atomic E-state index is 0.0977. The number of carboxylic acids is 1. The summed E-state index contributed by atoms with van der Waals surface area (Å²) in [5.41, 5.74) is 4.40. The zero-order valence-electron chi connectivity index (χ0n) is 15.8. The summed E-state index contributed by atoms with van der Waals surface area (Å²) in [7, 11) is 1.54. The highest BCUT2D eigenvalue weighted by atomic mass is 35.5. The number of nitrogens with zero attached hydrogens (tertiary/aromatic N) is 2. The second-order valence-corrected chi connectivity index (χ2v) is 7.17. The first-order chi connectivity index (χ1) is 14.0. The van der Waals surface area contributed by atoms with Gasteiger partial charge in [-0.15, -0.1) is 0 Å². The fourth-order valence-electron chi connectivity index (χ4n) is 3.44. The van der Waals surface area contributed by atoms with Crippen LogP contribution in [0.15, 0.2) is 66.7 Å². The van der Waals surface area contributed by atoms with Crippen LogP contribution in [-0.2, 0) is 17.8 Å². The van der Waals surface area contributed by atoms with Gasteiger partial charge < -0.3 is 14.4 Å². The fourth-order valence-corrected chi connectivity index (χ4v) is 3.61. The lowest BCUT2D eigenvalue weighted by atomic mass is 10.1. The zero-order valence-corrected chi connectivity index (χ0v) is 16.6. The Morgan fingerprint density at radius 3 is 2.62 bits per heavy atom. The van der Waals surface area contributed by atoms with Crippen LogP contribution in [0.4, 0.5) is 0 Å². The van der Waals surface area contributed by atoms with Crippen molar-refractivity contribution in [3.8, 4) is 17.1 Å². The van der Waals surface area contributed by atoms with Crippen molar-refractivity contribution in [2.75, 3.05) is 7.11 Å². The molecule has 0 saturated heterocycles. The van der Waals surface area contributed by atoms with Crippen LogP contribution < -0.4 is 4.74 Å². The van der Waals surface area contributed by atoms with Crippen molar-refractivity contribution in [2.45, 2.75) is 13.0 Å². The number of benzene rings is 3. The number of halogens is 1. The molecule has 0 amide bonds. The highest BCUT2D eigenvalue weighted by Crippen LogP contribution is 2.31. The minimum atomic E-state index is -0.901. The first kappa shape index (κ1) is 19.0. The molecule has 0 atom stereocenters. The Morgan fingerprint density at radius 1 is 1.10 bits per heavy atom. The molecular weight excluding hydrogens is 388 g/mol. The van der Waals surface area contributed by atoms with Gasteiger partial charge in [0.1, 0.15) is 11.6 Å². The summed E-state index contributed by atoms with van der Waals surface area (Å²) in [6.45, 7) is 0.646. The van der Waals surface area contributed by atoms with Gasteiger partial charge in [-0.1, -0.05) is 54.1 Å². The number of imidazole rings is 1. The van der Waals surface area contributed by atoms with E-state index in [1.807, 2.05) is 48.5 Å². The number of rotatable bonds is 6. The highest BCUT2D eigenvalue weighted by molar-refractivity contribution is 6.31. The fraction of sp³-hybridized carbons (Fsp3) is 0.130.